The highest BCUT2D eigenvalue weighted by molar-refractivity contribution is 7.90. The molecule has 1 aromatic rings. The maximum absolute atomic E-state index is 12.0. The van der Waals surface area contributed by atoms with Gasteiger partial charge in [0.25, 0.3) is 0 Å². The van der Waals surface area contributed by atoms with Crippen LogP contribution >= 0.6 is 0 Å². The second kappa shape index (κ2) is 3.38. The Labute approximate surface area is 89.8 Å². The Morgan fingerprint density at radius 2 is 1.88 bits per heavy atom. The Hall–Kier alpha value is -1.24. The Balaban J connectivity index is 2.41. The van der Waals surface area contributed by atoms with Gasteiger partial charge >= 0.3 is 6.36 Å². The number of alkyl halides is 3. The summed E-state index contributed by atoms with van der Waals surface area (Å²) in [5, 5.41) is 0. The first kappa shape index (κ1) is 11.3. The van der Waals surface area contributed by atoms with Crippen LogP contribution < -0.4 is 4.74 Å². The van der Waals surface area contributed by atoms with Crippen LogP contribution in [0.4, 0.5) is 13.2 Å². The monoisotopic (exact) mass is 252 g/mol. The van der Waals surface area contributed by atoms with E-state index >= 15 is 0 Å². The van der Waals surface area contributed by atoms with Crippen LogP contribution in [0.2, 0.25) is 0 Å². The van der Waals surface area contributed by atoms with E-state index < -0.39 is 27.7 Å². The third kappa shape index (κ3) is 2.29. The molecule has 0 amide bonds. The molecule has 0 aromatic heterocycles. The van der Waals surface area contributed by atoms with Crippen molar-refractivity contribution in [2.24, 2.45) is 0 Å². The molecule has 88 valence electrons. The molecule has 0 aliphatic carbocycles. The smallest absolute Gasteiger partial charge is 0.405 e. The average Bonchev–Trinajstić information content (AvgIpc) is 2.37. The first-order chi connectivity index (χ1) is 7.27. The van der Waals surface area contributed by atoms with Gasteiger partial charge in [0.1, 0.15) is 5.75 Å². The molecule has 0 saturated carbocycles. The van der Waals surface area contributed by atoms with E-state index in [-0.39, 0.29) is 11.3 Å². The van der Waals surface area contributed by atoms with Crippen molar-refractivity contribution in [3.63, 3.8) is 0 Å². The topological polar surface area (TPSA) is 43.4 Å². The number of benzene rings is 1. The zero-order valence-corrected chi connectivity index (χ0v) is 8.73. The summed E-state index contributed by atoms with van der Waals surface area (Å²) in [6.45, 7) is 0. The SMILES string of the molecule is O=S1(=O)Cc2cccc(OC(F)(F)F)c2C1. The Morgan fingerprint density at radius 3 is 2.50 bits per heavy atom. The van der Waals surface area contributed by atoms with Gasteiger partial charge in [0, 0.05) is 5.56 Å². The molecular weight excluding hydrogens is 245 g/mol. The van der Waals surface area contributed by atoms with Gasteiger partial charge in [-0.25, -0.2) is 8.42 Å². The van der Waals surface area contributed by atoms with Gasteiger partial charge in [0.2, 0.25) is 0 Å². The summed E-state index contributed by atoms with van der Waals surface area (Å²) in [6, 6.07) is 3.96. The van der Waals surface area contributed by atoms with Crippen LogP contribution in [0, 0.1) is 0 Å². The van der Waals surface area contributed by atoms with Crippen LogP contribution in [0.3, 0.4) is 0 Å². The minimum atomic E-state index is -4.80. The molecule has 0 saturated heterocycles. The third-order valence-corrected chi connectivity index (χ3v) is 3.67. The van der Waals surface area contributed by atoms with Crippen molar-refractivity contribution in [3.8, 4) is 5.75 Å². The average molecular weight is 252 g/mol. The summed E-state index contributed by atoms with van der Waals surface area (Å²) in [5.41, 5.74) is 0.488. The van der Waals surface area contributed by atoms with Crippen molar-refractivity contribution in [3.05, 3.63) is 29.3 Å². The minimum Gasteiger partial charge on any atom is -0.405 e. The minimum absolute atomic E-state index is 0.111. The van der Waals surface area contributed by atoms with E-state index in [0.717, 1.165) is 6.07 Å². The lowest BCUT2D eigenvalue weighted by Crippen LogP contribution is -2.18. The van der Waals surface area contributed by atoms with Gasteiger partial charge in [-0.05, 0) is 11.6 Å². The molecule has 1 heterocycles. The van der Waals surface area contributed by atoms with E-state index in [4.69, 9.17) is 0 Å². The Morgan fingerprint density at radius 1 is 1.19 bits per heavy atom. The van der Waals surface area contributed by atoms with Gasteiger partial charge in [0.05, 0.1) is 11.5 Å². The number of hydrogen-bond acceptors (Lipinski definition) is 3. The first-order valence-electron chi connectivity index (χ1n) is 4.34. The number of rotatable bonds is 1. The van der Waals surface area contributed by atoms with Crippen molar-refractivity contribution in [1.29, 1.82) is 0 Å². The number of halogens is 3. The van der Waals surface area contributed by atoms with Crippen LogP contribution in [0.15, 0.2) is 18.2 Å². The second-order valence-electron chi connectivity index (χ2n) is 3.47. The normalized spacial score (nSPS) is 18.2. The molecule has 1 aromatic carbocycles. The van der Waals surface area contributed by atoms with E-state index in [1.165, 1.54) is 12.1 Å². The summed E-state index contributed by atoms with van der Waals surface area (Å²) in [5.74, 6) is -1.04. The summed E-state index contributed by atoms with van der Waals surface area (Å²) in [6.07, 6.45) is -4.80. The lowest BCUT2D eigenvalue weighted by Gasteiger charge is -2.11. The molecule has 7 heteroatoms. The van der Waals surface area contributed by atoms with Crippen LogP contribution in [0.1, 0.15) is 11.1 Å². The van der Waals surface area contributed by atoms with Gasteiger partial charge in [-0.1, -0.05) is 12.1 Å². The molecule has 0 atom stereocenters. The van der Waals surface area contributed by atoms with Crippen molar-refractivity contribution in [1.82, 2.24) is 0 Å². The third-order valence-electron chi connectivity index (χ3n) is 2.20. The van der Waals surface area contributed by atoms with Gasteiger partial charge in [-0.2, -0.15) is 0 Å². The molecule has 0 N–H and O–H groups in total. The molecule has 0 radical (unpaired) electrons. The standard InChI is InChI=1S/C9H7F3O3S/c10-9(11,12)15-8-3-1-2-6-4-16(13,14)5-7(6)8/h1-3H,4-5H2. The fraction of sp³-hybridized carbons (Fsp3) is 0.333. The second-order valence-corrected chi connectivity index (χ2v) is 5.54. The molecule has 16 heavy (non-hydrogen) atoms. The lowest BCUT2D eigenvalue weighted by atomic mass is 10.1. The lowest BCUT2D eigenvalue weighted by molar-refractivity contribution is -0.274. The van der Waals surface area contributed by atoms with Crippen LogP contribution in [-0.2, 0) is 21.3 Å². The highest BCUT2D eigenvalue weighted by atomic mass is 32.2. The fourth-order valence-corrected chi connectivity index (χ4v) is 3.25. The predicted molar refractivity (Wildman–Crippen MR) is 49.5 cm³/mol. The van der Waals surface area contributed by atoms with E-state index in [2.05, 4.69) is 4.74 Å². The molecule has 1 aliphatic heterocycles. The van der Waals surface area contributed by atoms with E-state index in [9.17, 15) is 21.6 Å². The van der Waals surface area contributed by atoms with Gasteiger partial charge in [-0.3, -0.25) is 0 Å². The molecule has 0 fully saturated rings. The summed E-state index contributed by atoms with van der Waals surface area (Å²) < 4.78 is 62.4. The fourth-order valence-electron chi connectivity index (χ4n) is 1.64. The maximum atomic E-state index is 12.0. The van der Waals surface area contributed by atoms with Crippen LogP contribution in [-0.4, -0.2) is 14.8 Å². The predicted octanol–water partition coefficient (Wildman–Crippen LogP) is 2.01. The first-order valence-corrected chi connectivity index (χ1v) is 6.16. The van der Waals surface area contributed by atoms with Crippen molar-refractivity contribution >= 4 is 9.84 Å². The van der Waals surface area contributed by atoms with Crippen LogP contribution in [0.5, 0.6) is 5.75 Å². The molecule has 2 rings (SSSR count). The molecule has 0 bridgehead atoms. The van der Waals surface area contributed by atoms with Gasteiger partial charge in [-0.15, -0.1) is 13.2 Å². The molecular formula is C9H7F3O3S. The highest BCUT2D eigenvalue weighted by Gasteiger charge is 2.35. The molecule has 3 nitrogen and oxygen atoms in total. The molecule has 1 aliphatic rings. The number of ether oxygens (including phenoxy) is 1. The molecule has 0 spiro atoms. The summed E-state index contributed by atoms with van der Waals surface area (Å²) in [7, 11) is -3.33. The zero-order chi connectivity index (χ0) is 12.0. The number of fused-ring (bicyclic) bond motifs is 1. The maximum Gasteiger partial charge on any atom is 0.573 e. The number of hydrogen-bond donors (Lipinski definition) is 0. The van der Waals surface area contributed by atoms with E-state index in [1.54, 1.807) is 0 Å². The van der Waals surface area contributed by atoms with E-state index in [1.807, 2.05) is 0 Å². The van der Waals surface area contributed by atoms with Crippen molar-refractivity contribution in [2.75, 3.05) is 0 Å². The van der Waals surface area contributed by atoms with Crippen molar-refractivity contribution in [2.45, 2.75) is 17.9 Å². The Bertz CT molecular complexity index is 519. The Kier molecular flexibility index (Phi) is 2.37. The van der Waals surface area contributed by atoms with Gasteiger partial charge in [0.15, 0.2) is 9.84 Å². The number of sulfone groups is 1. The van der Waals surface area contributed by atoms with Gasteiger partial charge < -0.3 is 4.74 Å². The zero-order valence-electron chi connectivity index (χ0n) is 7.91. The van der Waals surface area contributed by atoms with Crippen molar-refractivity contribution < 1.29 is 26.3 Å². The van der Waals surface area contributed by atoms with Crippen LogP contribution in [0.25, 0.3) is 0 Å². The summed E-state index contributed by atoms with van der Waals surface area (Å²) >= 11 is 0. The highest BCUT2D eigenvalue weighted by Crippen LogP contribution is 2.35. The largest absolute Gasteiger partial charge is 0.573 e. The quantitative estimate of drug-likeness (QED) is 0.768. The molecule has 0 unspecified atom stereocenters. The van der Waals surface area contributed by atoms with E-state index in [0.29, 0.717) is 5.56 Å². The summed E-state index contributed by atoms with van der Waals surface area (Å²) in [4.78, 5) is 0.